The highest BCUT2D eigenvalue weighted by Gasteiger charge is 2.01. The Labute approximate surface area is 163 Å². The number of benzene rings is 2. The molecule has 140 valence electrons. The standard InChI is InChI=1S/C24H29N3/c1-5-26-24-17-21(14-15-23(24)25)19(3)11-9-10-18(2)16-20(4)27-22-12-7-6-8-13-22/h6-17,26-27H,4-5,25H2,1-3H3/b10-9-,18-16+,19-11+. The molecule has 2 aromatic rings. The Balaban J connectivity index is 2.01. The summed E-state index contributed by atoms with van der Waals surface area (Å²) >= 11 is 0. The molecule has 27 heavy (non-hydrogen) atoms. The molecule has 0 bridgehead atoms. The largest absolute Gasteiger partial charge is 0.397 e. The van der Waals surface area contributed by atoms with Crippen molar-refractivity contribution in [3.63, 3.8) is 0 Å². The van der Waals surface area contributed by atoms with Gasteiger partial charge in [0.2, 0.25) is 0 Å². The maximum atomic E-state index is 6.00. The lowest BCUT2D eigenvalue weighted by Gasteiger charge is -2.10. The SMILES string of the molecule is C=C(/C=C(C)/C=C\C=C(/C)c1ccc(N)c(NCC)c1)Nc1ccccc1. The van der Waals surface area contributed by atoms with Gasteiger partial charge in [0.05, 0.1) is 11.4 Å². The topological polar surface area (TPSA) is 50.1 Å². The van der Waals surface area contributed by atoms with Crippen LogP contribution in [0.4, 0.5) is 17.1 Å². The first kappa shape index (κ1) is 20.1. The molecule has 0 spiro atoms. The minimum absolute atomic E-state index is 0.771. The zero-order chi connectivity index (χ0) is 19.6. The van der Waals surface area contributed by atoms with E-state index in [1.807, 2.05) is 48.5 Å². The van der Waals surface area contributed by atoms with Gasteiger partial charge >= 0.3 is 0 Å². The van der Waals surface area contributed by atoms with Gasteiger partial charge in [0, 0.05) is 17.9 Å². The molecule has 3 nitrogen and oxygen atoms in total. The van der Waals surface area contributed by atoms with E-state index in [1.54, 1.807) is 0 Å². The summed E-state index contributed by atoms with van der Waals surface area (Å²) in [6.45, 7) is 11.1. The predicted molar refractivity (Wildman–Crippen MR) is 121 cm³/mol. The second kappa shape index (κ2) is 10.1. The summed E-state index contributed by atoms with van der Waals surface area (Å²) in [6.07, 6.45) is 8.26. The van der Waals surface area contributed by atoms with E-state index in [0.717, 1.165) is 40.4 Å². The van der Waals surface area contributed by atoms with Crippen molar-refractivity contribution in [3.05, 3.63) is 96.2 Å². The monoisotopic (exact) mass is 359 g/mol. The van der Waals surface area contributed by atoms with Gasteiger partial charge in [-0.25, -0.2) is 0 Å². The van der Waals surface area contributed by atoms with Gasteiger partial charge in [0.25, 0.3) is 0 Å². The molecule has 0 saturated carbocycles. The van der Waals surface area contributed by atoms with E-state index < -0.39 is 0 Å². The highest BCUT2D eigenvalue weighted by atomic mass is 14.9. The van der Waals surface area contributed by atoms with Crippen molar-refractivity contribution in [1.29, 1.82) is 0 Å². The molecule has 0 aliphatic heterocycles. The third kappa shape index (κ3) is 6.55. The second-order valence-electron chi connectivity index (χ2n) is 6.45. The maximum Gasteiger partial charge on any atom is 0.0579 e. The Bertz CT molecular complexity index is 858. The van der Waals surface area contributed by atoms with E-state index >= 15 is 0 Å². The van der Waals surface area contributed by atoms with Gasteiger partial charge in [0.15, 0.2) is 0 Å². The molecule has 2 rings (SSSR count). The van der Waals surface area contributed by atoms with Crippen molar-refractivity contribution in [2.45, 2.75) is 20.8 Å². The van der Waals surface area contributed by atoms with Crippen LogP contribution in [0.3, 0.4) is 0 Å². The van der Waals surface area contributed by atoms with Gasteiger partial charge < -0.3 is 16.4 Å². The van der Waals surface area contributed by atoms with Gasteiger partial charge in [-0.2, -0.15) is 0 Å². The van der Waals surface area contributed by atoms with Crippen LogP contribution in [-0.2, 0) is 0 Å². The van der Waals surface area contributed by atoms with Crippen molar-refractivity contribution >= 4 is 22.6 Å². The molecule has 0 fully saturated rings. The fourth-order valence-electron chi connectivity index (χ4n) is 2.65. The fraction of sp³-hybridized carbons (Fsp3) is 0.167. The number of rotatable bonds is 8. The molecule has 0 saturated heterocycles. The molecule has 2 aromatic carbocycles. The first-order valence-electron chi connectivity index (χ1n) is 9.17. The van der Waals surface area contributed by atoms with E-state index in [9.17, 15) is 0 Å². The van der Waals surface area contributed by atoms with Gasteiger partial charge in [-0.05, 0) is 67.8 Å². The van der Waals surface area contributed by atoms with Crippen molar-refractivity contribution in [1.82, 2.24) is 0 Å². The molecule has 0 atom stereocenters. The van der Waals surface area contributed by atoms with Crippen LogP contribution in [0.2, 0.25) is 0 Å². The van der Waals surface area contributed by atoms with Crippen LogP contribution in [-0.4, -0.2) is 6.54 Å². The van der Waals surface area contributed by atoms with E-state index in [2.05, 4.69) is 62.3 Å². The molecule has 0 amide bonds. The van der Waals surface area contributed by atoms with Crippen molar-refractivity contribution in [3.8, 4) is 0 Å². The number of anilines is 3. The molecule has 0 unspecified atom stereocenters. The second-order valence-corrected chi connectivity index (χ2v) is 6.45. The molecule has 0 aliphatic rings. The first-order valence-corrected chi connectivity index (χ1v) is 9.17. The fourth-order valence-corrected chi connectivity index (χ4v) is 2.65. The summed E-state index contributed by atoms with van der Waals surface area (Å²) in [5.41, 5.74) is 13.1. The average Bonchev–Trinajstić information content (AvgIpc) is 2.64. The predicted octanol–water partition coefficient (Wildman–Crippen LogP) is 6.23. The molecule has 0 heterocycles. The normalized spacial score (nSPS) is 12.3. The Morgan fingerprint density at radius 2 is 1.85 bits per heavy atom. The summed E-state index contributed by atoms with van der Waals surface area (Å²) in [4.78, 5) is 0. The lowest BCUT2D eigenvalue weighted by molar-refractivity contribution is 1.21. The van der Waals surface area contributed by atoms with Crippen LogP contribution >= 0.6 is 0 Å². The van der Waals surface area contributed by atoms with E-state index in [1.165, 1.54) is 5.57 Å². The summed E-state index contributed by atoms with van der Waals surface area (Å²) in [5, 5.41) is 6.57. The zero-order valence-electron chi connectivity index (χ0n) is 16.4. The smallest absolute Gasteiger partial charge is 0.0579 e. The number of nitrogens with one attached hydrogen (secondary N) is 2. The molecular weight excluding hydrogens is 330 g/mol. The molecule has 0 radical (unpaired) electrons. The molecule has 0 aliphatic carbocycles. The van der Waals surface area contributed by atoms with Crippen LogP contribution in [0.25, 0.3) is 5.57 Å². The van der Waals surface area contributed by atoms with Crippen molar-refractivity contribution < 1.29 is 0 Å². The Hall–Kier alpha value is -3.20. The van der Waals surface area contributed by atoms with Gasteiger partial charge in [-0.15, -0.1) is 0 Å². The van der Waals surface area contributed by atoms with E-state index in [4.69, 9.17) is 5.73 Å². The van der Waals surface area contributed by atoms with E-state index in [-0.39, 0.29) is 0 Å². The van der Waals surface area contributed by atoms with Crippen LogP contribution < -0.4 is 16.4 Å². The summed E-state index contributed by atoms with van der Waals surface area (Å²) in [7, 11) is 0. The zero-order valence-corrected chi connectivity index (χ0v) is 16.4. The molecule has 4 N–H and O–H groups in total. The van der Waals surface area contributed by atoms with Crippen molar-refractivity contribution in [2.75, 3.05) is 22.9 Å². The van der Waals surface area contributed by atoms with Crippen molar-refractivity contribution in [2.24, 2.45) is 0 Å². The molecule has 0 aromatic heterocycles. The van der Waals surface area contributed by atoms with Gasteiger partial charge in [-0.3, -0.25) is 0 Å². The van der Waals surface area contributed by atoms with Gasteiger partial charge in [-0.1, -0.05) is 49.1 Å². The molecule has 3 heteroatoms. The lowest BCUT2D eigenvalue weighted by atomic mass is 10.0. The van der Waals surface area contributed by atoms with Crippen LogP contribution in [0.5, 0.6) is 0 Å². The third-order valence-electron chi connectivity index (χ3n) is 4.06. The number of nitrogen functional groups attached to an aromatic ring is 1. The lowest BCUT2D eigenvalue weighted by Crippen LogP contribution is -2.01. The average molecular weight is 360 g/mol. The minimum Gasteiger partial charge on any atom is -0.397 e. The van der Waals surface area contributed by atoms with Crippen LogP contribution in [0.1, 0.15) is 26.3 Å². The highest BCUT2D eigenvalue weighted by Crippen LogP contribution is 2.24. The van der Waals surface area contributed by atoms with E-state index in [0.29, 0.717) is 0 Å². The minimum atomic E-state index is 0.771. The summed E-state index contributed by atoms with van der Waals surface area (Å²) < 4.78 is 0. The first-order chi connectivity index (χ1) is 13.0. The Morgan fingerprint density at radius 3 is 2.56 bits per heavy atom. The maximum absolute atomic E-state index is 6.00. The van der Waals surface area contributed by atoms with Crippen LogP contribution in [0, 0.1) is 0 Å². The Kier molecular flexibility index (Phi) is 7.50. The number of hydrogen-bond acceptors (Lipinski definition) is 3. The number of hydrogen-bond donors (Lipinski definition) is 3. The Morgan fingerprint density at radius 1 is 1.11 bits per heavy atom. The summed E-state index contributed by atoms with van der Waals surface area (Å²) in [6, 6.07) is 16.1. The summed E-state index contributed by atoms with van der Waals surface area (Å²) in [5.74, 6) is 0. The highest BCUT2D eigenvalue weighted by molar-refractivity contribution is 5.75. The van der Waals surface area contributed by atoms with Crippen LogP contribution in [0.15, 0.2) is 90.7 Å². The molecular formula is C24H29N3. The number of allylic oxidation sites excluding steroid dienone is 6. The number of nitrogens with two attached hydrogens (primary N) is 1. The third-order valence-corrected chi connectivity index (χ3v) is 4.06. The van der Waals surface area contributed by atoms with Gasteiger partial charge in [0.1, 0.15) is 0 Å². The quantitative estimate of drug-likeness (QED) is 0.387. The number of para-hydroxylation sites is 1.